The lowest BCUT2D eigenvalue weighted by atomic mass is 10.1. The molecule has 1 aromatic heterocycles. The number of nitrogens with zero attached hydrogens (tertiary/aromatic N) is 3. The highest BCUT2D eigenvalue weighted by molar-refractivity contribution is 7.89. The first-order chi connectivity index (χ1) is 15.2. The zero-order valence-electron chi connectivity index (χ0n) is 17.1. The molecule has 2 aromatic carbocycles. The third-order valence-corrected chi connectivity index (χ3v) is 7.68. The maximum absolute atomic E-state index is 12.9. The Morgan fingerprint density at radius 2 is 1.78 bits per heavy atom. The van der Waals surface area contributed by atoms with Crippen LogP contribution in [0.25, 0.3) is 11.5 Å². The van der Waals surface area contributed by atoms with Crippen LogP contribution in [-0.2, 0) is 10.0 Å². The van der Waals surface area contributed by atoms with Gasteiger partial charge in [0, 0.05) is 33.8 Å². The van der Waals surface area contributed by atoms with Crippen molar-refractivity contribution in [3.05, 3.63) is 58.1 Å². The van der Waals surface area contributed by atoms with E-state index in [9.17, 15) is 13.2 Å². The molecule has 0 spiro atoms. The predicted molar refractivity (Wildman–Crippen MR) is 121 cm³/mol. The number of rotatable bonds is 5. The van der Waals surface area contributed by atoms with Gasteiger partial charge in [-0.05, 0) is 62.2 Å². The second-order valence-electron chi connectivity index (χ2n) is 7.51. The summed E-state index contributed by atoms with van der Waals surface area (Å²) in [5.41, 5.74) is 0.762. The minimum absolute atomic E-state index is 0.0437. The van der Waals surface area contributed by atoms with Crippen molar-refractivity contribution in [2.24, 2.45) is 0 Å². The highest BCUT2D eigenvalue weighted by atomic mass is 35.5. The van der Waals surface area contributed by atoms with Crippen molar-refractivity contribution in [1.82, 2.24) is 14.5 Å². The van der Waals surface area contributed by atoms with Gasteiger partial charge < -0.3 is 4.42 Å². The highest BCUT2D eigenvalue weighted by Gasteiger charge is 2.31. The molecule has 1 amide bonds. The zero-order valence-corrected chi connectivity index (χ0v) is 19.4. The van der Waals surface area contributed by atoms with Gasteiger partial charge in [0.25, 0.3) is 5.91 Å². The minimum atomic E-state index is -3.61. The van der Waals surface area contributed by atoms with Crippen molar-refractivity contribution in [2.45, 2.75) is 37.1 Å². The van der Waals surface area contributed by atoms with E-state index in [1.807, 2.05) is 6.92 Å². The van der Waals surface area contributed by atoms with Crippen molar-refractivity contribution >= 4 is 45.1 Å². The summed E-state index contributed by atoms with van der Waals surface area (Å²) >= 11 is 12.0. The SMILES string of the molecule is CC1CCCCN1S(=O)(=O)c1ccc(C(=O)Nc2nnc(-c3cc(Cl)cc(Cl)c3)o2)cc1. The van der Waals surface area contributed by atoms with E-state index in [0.29, 0.717) is 22.2 Å². The van der Waals surface area contributed by atoms with Crippen LogP contribution in [-0.4, -0.2) is 41.4 Å². The summed E-state index contributed by atoms with van der Waals surface area (Å²) in [7, 11) is -3.61. The Morgan fingerprint density at radius 3 is 2.44 bits per heavy atom. The fourth-order valence-electron chi connectivity index (χ4n) is 3.58. The van der Waals surface area contributed by atoms with E-state index in [1.54, 1.807) is 18.2 Å². The number of piperidine rings is 1. The van der Waals surface area contributed by atoms with Crippen LogP contribution in [0.4, 0.5) is 6.01 Å². The number of hydrogen-bond donors (Lipinski definition) is 1. The fourth-order valence-corrected chi connectivity index (χ4v) is 5.81. The molecule has 0 radical (unpaired) electrons. The summed E-state index contributed by atoms with van der Waals surface area (Å²) < 4.78 is 32.8. The molecule has 1 aliphatic heterocycles. The first kappa shape index (κ1) is 22.7. The summed E-state index contributed by atoms with van der Waals surface area (Å²) in [6.45, 7) is 2.41. The number of carbonyl (C=O) groups excluding carboxylic acids is 1. The lowest BCUT2D eigenvalue weighted by Gasteiger charge is -2.32. The Hall–Kier alpha value is -2.46. The molecule has 8 nitrogen and oxygen atoms in total. The van der Waals surface area contributed by atoms with Crippen LogP contribution in [0.3, 0.4) is 0 Å². The molecule has 1 atom stereocenters. The maximum Gasteiger partial charge on any atom is 0.322 e. The second kappa shape index (κ2) is 9.19. The first-order valence-electron chi connectivity index (χ1n) is 9.97. The van der Waals surface area contributed by atoms with Crippen LogP contribution in [0, 0.1) is 0 Å². The van der Waals surface area contributed by atoms with Gasteiger partial charge in [0.15, 0.2) is 0 Å². The average Bonchev–Trinajstić information content (AvgIpc) is 3.22. The number of aromatic nitrogens is 2. The number of sulfonamides is 1. The summed E-state index contributed by atoms with van der Waals surface area (Å²) in [4.78, 5) is 12.7. The molecule has 3 aromatic rings. The second-order valence-corrected chi connectivity index (χ2v) is 10.3. The van der Waals surface area contributed by atoms with Crippen molar-refractivity contribution in [2.75, 3.05) is 11.9 Å². The molecule has 1 unspecified atom stereocenters. The predicted octanol–water partition coefficient (Wildman–Crippen LogP) is 4.86. The summed E-state index contributed by atoms with van der Waals surface area (Å²) in [6.07, 6.45) is 2.71. The molecule has 1 fully saturated rings. The topological polar surface area (TPSA) is 105 Å². The number of nitrogens with one attached hydrogen (secondary N) is 1. The van der Waals surface area contributed by atoms with E-state index in [-0.39, 0.29) is 28.4 Å². The molecule has 0 aliphatic carbocycles. The number of amides is 1. The van der Waals surface area contributed by atoms with Crippen molar-refractivity contribution in [3.63, 3.8) is 0 Å². The average molecular weight is 495 g/mol. The smallest absolute Gasteiger partial charge is 0.322 e. The van der Waals surface area contributed by atoms with Gasteiger partial charge in [-0.15, -0.1) is 5.10 Å². The number of benzene rings is 2. The molecular weight excluding hydrogens is 475 g/mol. The molecule has 168 valence electrons. The van der Waals surface area contributed by atoms with E-state index in [1.165, 1.54) is 28.6 Å². The number of anilines is 1. The van der Waals surface area contributed by atoms with Crippen molar-refractivity contribution in [1.29, 1.82) is 0 Å². The molecule has 2 heterocycles. The third kappa shape index (κ3) is 4.80. The zero-order chi connectivity index (χ0) is 22.9. The summed E-state index contributed by atoms with van der Waals surface area (Å²) in [5.74, 6) is -0.374. The Morgan fingerprint density at radius 1 is 1.09 bits per heavy atom. The first-order valence-corrected chi connectivity index (χ1v) is 12.2. The van der Waals surface area contributed by atoms with E-state index in [4.69, 9.17) is 27.6 Å². The van der Waals surface area contributed by atoms with Crippen molar-refractivity contribution < 1.29 is 17.6 Å². The molecule has 0 saturated carbocycles. The molecular formula is C21H20Cl2N4O4S. The lowest BCUT2D eigenvalue weighted by molar-refractivity contribution is 0.102. The van der Waals surface area contributed by atoms with Crippen LogP contribution in [0.2, 0.25) is 10.0 Å². The van der Waals surface area contributed by atoms with Gasteiger partial charge in [-0.1, -0.05) is 34.7 Å². The van der Waals surface area contributed by atoms with Crippen LogP contribution in [0.1, 0.15) is 36.5 Å². The molecule has 4 rings (SSSR count). The monoisotopic (exact) mass is 494 g/mol. The summed E-state index contributed by atoms with van der Waals surface area (Å²) in [6, 6.07) is 10.4. The standard InChI is InChI=1S/C21H20Cl2N4O4S/c1-13-4-2-3-9-27(13)32(29,30)18-7-5-14(6-8-18)19(28)24-21-26-25-20(31-21)15-10-16(22)12-17(23)11-15/h5-8,10-13H,2-4,9H2,1H3,(H,24,26,28). The number of carbonyl (C=O) groups is 1. The Labute approximate surface area is 195 Å². The Bertz CT molecular complexity index is 1220. The number of hydrogen-bond acceptors (Lipinski definition) is 6. The normalized spacial score (nSPS) is 17.3. The Balaban J connectivity index is 1.47. The number of halogens is 2. The van der Waals surface area contributed by atoms with Crippen LogP contribution in [0.15, 0.2) is 51.8 Å². The molecule has 0 bridgehead atoms. The van der Waals surface area contributed by atoms with Crippen LogP contribution < -0.4 is 5.32 Å². The van der Waals surface area contributed by atoms with E-state index in [2.05, 4.69) is 15.5 Å². The maximum atomic E-state index is 12.9. The van der Waals surface area contributed by atoms with Gasteiger partial charge in [0.1, 0.15) is 0 Å². The highest BCUT2D eigenvalue weighted by Crippen LogP contribution is 2.28. The van der Waals surface area contributed by atoms with E-state index in [0.717, 1.165) is 19.3 Å². The van der Waals surface area contributed by atoms with Gasteiger partial charge >= 0.3 is 6.01 Å². The van der Waals surface area contributed by atoms with E-state index >= 15 is 0 Å². The largest absolute Gasteiger partial charge is 0.403 e. The fraction of sp³-hybridized carbons (Fsp3) is 0.286. The van der Waals surface area contributed by atoms with Gasteiger partial charge in [0.05, 0.1) is 4.90 Å². The van der Waals surface area contributed by atoms with Crippen LogP contribution >= 0.6 is 23.2 Å². The minimum Gasteiger partial charge on any atom is -0.403 e. The van der Waals surface area contributed by atoms with E-state index < -0.39 is 15.9 Å². The van der Waals surface area contributed by atoms with Crippen molar-refractivity contribution in [3.8, 4) is 11.5 Å². The Kier molecular flexibility index (Phi) is 6.52. The molecule has 32 heavy (non-hydrogen) atoms. The van der Waals surface area contributed by atoms with Gasteiger partial charge in [-0.2, -0.15) is 4.31 Å². The molecule has 11 heteroatoms. The third-order valence-electron chi connectivity index (χ3n) is 5.22. The molecule has 1 aliphatic rings. The van der Waals surface area contributed by atoms with Gasteiger partial charge in [-0.3, -0.25) is 10.1 Å². The molecule has 1 N–H and O–H groups in total. The van der Waals surface area contributed by atoms with Gasteiger partial charge in [-0.25, -0.2) is 8.42 Å². The van der Waals surface area contributed by atoms with Gasteiger partial charge in [0.2, 0.25) is 15.9 Å². The quantitative estimate of drug-likeness (QED) is 0.542. The molecule has 1 saturated heterocycles. The lowest BCUT2D eigenvalue weighted by Crippen LogP contribution is -2.41. The van der Waals surface area contributed by atoms with Crippen LogP contribution in [0.5, 0.6) is 0 Å². The summed E-state index contributed by atoms with van der Waals surface area (Å²) in [5, 5.41) is 11.0.